The minimum atomic E-state index is -0.590. The van der Waals surface area contributed by atoms with Crippen molar-refractivity contribution >= 4 is 31.1 Å². The van der Waals surface area contributed by atoms with Crippen molar-refractivity contribution in [1.29, 1.82) is 0 Å². The summed E-state index contributed by atoms with van der Waals surface area (Å²) in [5, 5.41) is 0. The van der Waals surface area contributed by atoms with Crippen LogP contribution in [0.1, 0.15) is 19.3 Å². The van der Waals surface area contributed by atoms with Crippen LogP contribution in [0.15, 0.2) is 0 Å². The average Bonchev–Trinajstić information content (AvgIpc) is 1.65. The Hall–Kier alpha value is 1.94. The second-order valence-electron chi connectivity index (χ2n) is 3.72. The van der Waals surface area contributed by atoms with Crippen molar-refractivity contribution in [3.05, 3.63) is 0 Å². The van der Waals surface area contributed by atoms with Crippen LogP contribution in [0, 0.1) is 0 Å². The van der Waals surface area contributed by atoms with Gasteiger partial charge in [-0.25, -0.2) is 0 Å². The van der Waals surface area contributed by atoms with Crippen molar-refractivity contribution in [3.8, 4) is 0 Å². The summed E-state index contributed by atoms with van der Waals surface area (Å²) in [7, 11) is -0.590. The van der Waals surface area contributed by atoms with Crippen molar-refractivity contribution in [2.75, 3.05) is 0 Å². The van der Waals surface area contributed by atoms with Gasteiger partial charge in [0.05, 0.1) is 0 Å². The first-order valence-electron chi connectivity index (χ1n) is 3.71. The maximum atomic E-state index is 2.52. The van der Waals surface area contributed by atoms with Crippen molar-refractivity contribution in [1.82, 2.24) is 0 Å². The molecule has 0 aromatic carbocycles. The minimum Gasteiger partial charge on any atom is -1.00 e. The van der Waals surface area contributed by atoms with Gasteiger partial charge in [0.25, 0.3) is 0 Å². The molecule has 64 valence electrons. The number of halogens is 2. The zero-order valence-corrected chi connectivity index (χ0v) is 13.1. The normalized spacial score (nSPS) is 20.2. The molecule has 0 radical (unpaired) electrons. The number of hydrogen-bond acceptors (Lipinski definition) is 0. The topological polar surface area (TPSA) is 0 Å². The Balaban J connectivity index is -0.000000213. The van der Waals surface area contributed by atoms with Crippen LogP contribution in [0.25, 0.3) is 0 Å². The van der Waals surface area contributed by atoms with Crippen LogP contribution in [-0.2, 0) is 0 Å². The van der Waals surface area contributed by atoms with Gasteiger partial charge in [0.1, 0.15) is 0 Å². The second-order valence-corrected chi connectivity index (χ2v) is 9.05. The Labute approximate surface area is 109 Å². The van der Waals surface area contributed by atoms with Gasteiger partial charge < -0.3 is 34.0 Å². The number of hydrogen-bond donors (Lipinski definition) is 0. The summed E-state index contributed by atoms with van der Waals surface area (Å²) in [4.78, 5) is 0. The maximum absolute atomic E-state index is 2.52. The van der Waals surface area contributed by atoms with E-state index in [-0.39, 0.29) is 57.0 Å². The van der Waals surface area contributed by atoms with Crippen LogP contribution in [0.4, 0.5) is 0 Å². The Kier molecular flexibility index (Phi) is 14.5. The van der Waals surface area contributed by atoms with Crippen molar-refractivity contribution < 1.29 is 34.0 Å². The monoisotopic (exact) mass is 310 g/mol. The van der Waals surface area contributed by atoms with Gasteiger partial charge in [-0.3, -0.25) is 0 Å². The van der Waals surface area contributed by atoms with Crippen LogP contribution in [0.5, 0.6) is 0 Å². The molecule has 0 amide bonds. The molecule has 1 aliphatic heterocycles. The molecule has 0 aliphatic carbocycles. The molecule has 1 rings (SSSR count). The molecule has 1 heterocycles. The molecule has 0 N–H and O–H groups in total. The maximum Gasteiger partial charge on any atom is 2.00 e. The van der Waals surface area contributed by atoms with Gasteiger partial charge in [0.15, 0.2) is 0 Å². The van der Waals surface area contributed by atoms with Gasteiger partial charge in [-0.05, 0) is 0 Å². The first kappa shape index (κ1) is 18.7. The summed E-state index contributed by atoms with van der Waals surface area (Å²) in [5.74, 6) is 0. The second kappa shape index (κ2) is 8.54. The zero-order chi connectivity index (χ0) is 6.04. The third-order valence-corrected chi connectivity index (χ3v) is 5.62. The summed E-state index contributed by atoms with van der Waals surface area (Å²) >= 11 is 0. The van der Waals surface area contributed by atoms with E-state index in [1.165, 1.54) is 19.3 Å². The molecule has 1 saturated heterocycles. The molecule has 0 aromatic rings. The molecule has 0 atom stereocenters. The summed E-state index contributed by atoms with van der Waals surface area (Å²) in [5.41, 5.74) is 0. The van der Waals surface area contributed by atoms with Crippen LogP contribution in [-0.4, -0.2) is 31.1 Å². The summed E-state index contributed by atoms with van der Waals surface area (Å²) in [6.07, 6.45) is 4.56. The van der Waals surface area contributed by atoms with Gasteiger partial charge in [-0.15, -0.1) is 0 Å². The van der Waals surface area contributed by atoms with Gasteiger partial charge in [0.2, 0.25) is 0 Å². The third kappa shape index (κ3) is 8.28. The predicted octanol–water partition coefficient (Wildman–Crippen LogP) is -3.49. The standard InChI is InChI=1S/C7H16Si.2BrH.Mg/c1-8(2)6-4-3-5-7-8;;;/h3-7H2,1-2H3;2*1H;/q;;;+2/p-2. The molecule has 11 heavy (non-hydrogen) atoms. The van der Waals surface area contributed by atoms with E-state index in [0.29, 0.717) is 0 Å². The van der Waals surface area contributed by atoms with Gasteiger partial charge in [0, 0.05) is 8.07 Å². The van der Waals surface area contributed by atoms with E-state index in [1.54, 1.807) is 12.1 Å². The van der Waals surface area contributed by atoms with Crippen LogP contribution in [0.2, 0.25) is 25.2 Å². The molecule has 0 spiro atoms. The molecule has 1 fully saturated rings. The van der Waals surface area contributed by atoms with Crippen LogP contribution < -0.4 is 34.0 Å². The van der Waals surface area contributed by atoms with Crippen molar-refractivity contribution in [2.24, 2.45) is 0 Å². The summed E-state index contributed by atoms with van der Waals surface area (Å²) in [6.45, 7) is 5.04. The summed E-state index contributed by atoms with van der Waals surface area (Å²) in [6, 6.07) is 3.18. The van der Waals surface area contributed by atoms with Gasteiger partial charge in [-0.1, -0.05) is 44.4 Å². The fourth-order valence-corrected chi connectivity index (χ4v) is 4.17. The van der Waals surface area contributed by atoms with E-state index in [2.05, 4.69) is 13.1 Å². The Bertz CT molecular complexity index is 80.5. The molecular formula is C7H16Br2MgSi. The van der Waals surface area contributed by atoms with Gasteiger partial charge in [-0.2, -0.15) is 0 Å². The zero-order valence-electron chi connectivity index (χ0n) is 7.50. The Morgan fingerprint density at radius 2 is 1.18 bits per heavy atom. The smallest absolute Gasteiger partial charge is 1.00 e. The molecular weight excluding hydrogens is 296 g/mol. The minimum absolute atomic E-state index is 0. The van der Waals surface area contributed by atoms with E-state index in [4.69, 9.17) is 0 Å². The first-order chi connectivity index (χ1) is 3.71. The van der Waals surface area contributed by atoms with E-state index < -0.39 is 8.07 Å². The number of rotatable bonds is 0. The predicted molar refractivity (Wildman–Crippen MR) is 46.7 cm³/mol. The molecule has 0 aromatic heterocycles. The quantitative estimate of drug-likeness (QED) is 0.408. The largest absolute Gasteiger partial charge is 2.00 e. The first-order valence-corrected chi connectivity index (χ1v) is 7.12. The fourth-order valence-electron chi connectivity index (χ4n) is 1.51. The molecule has 1 aliphatic rings. The molecule has 0 saturated carbocycles. The van der Waals surface area contributed by atoms with Crippen LogP contribution in [0.3, 0.4) is 0 Å². The molecule has 0 nitrogen and oxygen atoms in total. The van der Waals surface area contributed by atoms with E-state index in [9.17, 15) is 0 Å². The van der Waals surface area contributed by atoms with E-state index in [1.807, 2.05) is 0 Å². The Morgan fingerprint density at radius 1 is 0.818 bits per heavy atom. The summed E-state index contributed by atoms with van der Waals surface area (Å²) < 4.78 is 0. The van der Waals surface area contributed by atoms with E-state index in [0.717, 1.165) is 0 Å². The average molecular weight is 312 g/mol. The van der Waals surface area contributed by atoms with Gasteiger partial charge >= 0.3 is 23.1 Å². The van der Waals surface area contributed by atoms with Crippen molar-refractivity contribution in [2.45, 2.75) is 44.4 Å². The fraction of sp³-hybridized carbons (Fsp3) is 1.00. The van der Waals surface area contributed by atoms with Crippen LogP contribution >= 0.6 is 0 Å². The molecule has 4 heteroatoms. The molecule has 0 unspecified atom stereocenters. The molecule has 0 bridgehead atoms. The van der Waals surface area contributed by atoms with Crippen molar-refractivity contribution in [3.63, 3.8) is 0 Å². The third-order valence-electron chi connectivity index (χ3n) is 2.21. The SMILES string of the molecule is C[Si]1(C)CCCCC1.[Br-].[Br-].[Mg+2]. The Morgan fingerprint density at radius 3 is 1.36 bits per heavy atom. The van der Waals surface area contributed by atoms with E-state index >= 15 is 0 Å².